The molecule has 13 heavy (non-hydrogen) atoms. The zero-order chi connectivity index (χ0) is 9.42. The molecule has 1 aromatic rings. The van der Waals surface area contributed by atoms with Crippen molar-refractivity contribution in [1.82, 2.24) is 9.78 Å². The molecule has 2 N–H and O–H groups in total. The maximum atomic E-state index is 5.87. The Balaban J connectivity index is 2.20. The van der Waals surface area contributed by atoms with Crippen molar-refractivity contribution in [2.45, 2.75) is 39.2 Å². The van der Waals surface area contributed by atoms with Gasteiger partial charge in [-0.2, -0.15) is 5.10 Å². The molecule has 1 aliphatic rings. The second-order valence-corrected chi connectivity index (χ2v) is 4.23. The van der Waals surface area contributed by atoms with Crippen LogP contribution >= 0.6 is 0 Å². The van der Waals surface area contributed by atoms with Crippen LogP contribution in [0, 0.1) is 12.8 Å². The molecule has 72 valence electrons. The van der Waals surface area contributed by atoms with Crippen molar-refractivity contribution in [3.05, 3.63) is 11.8 Å². The first kappa shape index (κ1) is 8.60. The van der Waals surface area contributed by atoms with Gasteiger partial charge in [-0.15, -0.1) is 0 Å². The molecule has 0 spiro atoms. The molecular weight excluding hydrogens is 162 g/mol. The molecule has 1 aliphatic carbocycles. The number of anilines is 1. The third-order valence-electron chi connectivity index (χ3n) is 2.90. The fraction of sp³-hybridized carbons (Fsp3) is 0.700. The lowest BCUT2D eigenvalue weighted by molar-refractivity contribution is 0.454. The summed E-state index contributed by atoms with van der Waals surface area (Å²) in [5.74, 6) is 1.64. The first-order valence-corrected chi connectivity index (χ1v) is 4.98. The van der Waals surface area contributed by atoms with Gasteiger partial charge in [0.2, 0.25) is 0 Å². The number of nitrogens with zero attached hydrogens (tertiary/aromatic N) is 2. The second-order valence-electron chi connectivity index (χ2n) is 4.23. The summed E-state index contributed by atoms with van der Waals surface area (Å²) in [6.07, 6.45) is 3.76. The van der Waals surface area contributed by atoms with Crippen LogP contribution in [0.3, 0.4) is 0 Å². The van der Waals surface area contributed by atoms with E-state index in [1.54, 1.807) is 0 Å². The quantitative estimate of drug-likeness (QED) is 0.717. The summed E-state index contributed by atoms with van der Waals surface area (Å²) in [5, 5.41) is 4.42. The van der Waals surface area contributed by atoms with E-state index >= 15 is 0 Å². The molecule has 0 saturated heterocycles. The second kappa shape index (κ2) is 3.05. The average molecular weight is 179 g/mol. The summed E-state index contributed by atoms with van der Waals surface area (Å²) in [7, 11) is 0. The molecule has 0 radical (unpaired) electrons. The molecule has 0 aromatic carbocycles. The van der Waals surface area contributed by atoms with Crippen LogP contribution in [0.25, 0.3) is 0 Å². The highest BCUT2D eigenvalue weighted by Gasteiger charge is 2.24. The third-order valence-corrected chi connectivity index (χ3v) is 2.90. The van der Waals surface area contributed by atoms with E-state index in [1.165, 1.54) is 19.3 Å². The first-order valence-electron chi connectivity index (χ1n) is 4.98. The Labute approximate surface area is 78.9 Å². The SMILES string of the molecule is Cc1cc(N)n(C2CCC(C)C2)n1. The van der Waals surface area contributed by atoms with Gasteiger partial charge in [-0.25, -0.2) is 4.68 Å². The largest absolute Gasteiger partial charge is 0.384 e. The molecule has 1 aromatic heterocycles. The Kier molecular flexibility index (Phi) is 2.02. The fourth-order valence-corrected chi connectivity index (χ4v) is 2.23. The Hall–Kier alpha value is -0.990. The van der Waals surface area contributed by atoms with E-state index in [4.69, 9.17) is 5.73 Å². The standard InChI is InChI=1S/C10H17N3/c1-7-3-4-9(5-7)13-10(11)6-8(2)12-13/h6-7,9H,3-5,11H2,1-2H3. The van der Waals surface area contributed by atoms with Gasteiger partial charge in [0.1, 0.15) is 5.82 Å². The van der Waals surface area contributed by atoms with Crippen molar-refractivity contribution in [3.8, 4) is 0 Å². The number of hydrogen-bond donors (Lipinski definition) is 1. The lowest BCUT2D eigenvalue weighted by Gasteiger charge is -2.11. The summed E-state index contributed by atoms with van der Waals surface area (Å²) in [5.41, 5.74) is 6.89. The molecule has 2 rings (SSSR count). The van der Waals surface area contributed by atoms with E-state index in [2.05, 4.69) is 12.0 Å². The summed E-state index contributed by atoms with van der Waals surface area (Å²) in [4.78, 5) is 0. The van der Waals surface area contributed by atoms with E-state index in [9.17, 15) is 0 Å². The van der Waals surface area contributed by atoms with E-state index in [-0.39, 0.29) is 0 Å². The maximum absolute atomic E-state index is 5.87. The number of aromatic nitrogens is 2. The Morgan fingerprint density at radius 1 is 1.54 bits per heavy atom. The van der Waals surface area contributed by atoms with Crippen LogP contribution in [0.1, 0.15) is 37.9 Å². The number of aryl methyl sites for hydroxylation is 1. The van der Waals surface area contributed by atoms with Crippen molar-refractivity contribution >= 4 is 5.82 Å². The molecule has 1 heterocycles. The van der Waals surface area contributed by atoms with E-state index in [1.807, 2.05) is 17.7 Å². The van der Waals surface area contributed by atoms with E-state index < -0.39 is 0 Å². The number of hydrogen-bond acceptors (Lipinski definition) is 2. The minimum Gasteiger partial charge on any atom is -0.384 e. The average Bonchev–Trinajstić information content (AvgIpc) is 2.58. The highest BCUT2D eigenvalue weighted by atomic mass is 15.3. The molecule has 1 saturated carbocycles. The topological polar surface area (TPSA) is 43.8 Å². The van der Waals surface area contributed by atoms with Gasteiger partial charge in [-0.3, -0.25) is 0 Å². The van der Waals surface area contributed by atoms with Gasteiger partial charge in [0, 0.05) is 6.07 Å². The van der Waals surface area contributed by atoms with Crippen molar-refractivity contribution < 1.29 is 0 Å². The zero-order valence-electron chi connectivity index (χ0n) is 8.33. The fourth-order valence-electron chi connectivity index (χ4n) is 2.23. The first-order chi connectivity index (χ1) is 6.16. The molecule has 2 atom stereocenters. The van der Waals surface area contributed by atoms with Crippen molar-refractivity contribution in [2.75, 3.05) is 5.73 Å². The monoisotopic (exact) mass is 179 g/mol. The van der Waals surface area contributed by atoms with Crippen LogP contribution in [-0.4, -0.2) is 9.78 Å². The van der Waals surface area contributed by atoms with Gasteiger partial charge < -0.3 is 5.73 Å². The van der Waals surface area contributed by atoms with Crippen LogP contribution in [0.2, 0.25) is 0 Å². The normalized spacial score (nSPS) is 28.2. The van der Waals surface area contributed by atoms with E-state index in [0.29, 0.717) is 6.04 Å². The Morgan fingerprint density at radius 3 is 2.77 bits per heavy atom. The zero-order valence-corrected chi connectivity index (χ0v) is 8.33. The summed E-state index contributed by atoms with van der Waals surface area (Å²) in [6, 6.07) is 2.49. The summed E-state index contributed by atoms with van der Waals surface area (Å²) < 4.78 is 2.00. The van der Waals surface area contributed by atoms with Crippen LogP contribution in [-0.2, 0) is 0 Å². The van der Waals surface area contributed by atoms with Gasteiger partial charge in [0.05, 0.1) is 11.7 Å². The minimum absolute atomic E-state index is 0.545. The lowest BCUT2D eigenvalue weighted by Crippen LogP contribution is -2.10. The van der Waals surface area contributed by atoms with Crippen LogP contribution in [0.5, 0.6) is 0 Å². The molecular formula is C10H17N3. The minimum atomic E-state index is 0.545. The molecule has 0 aliphatic heterocycles. The highest BCUT2D eigenvalue weighted by molar-refractivity contribution is 5.30. The Bertz CT molecular complexity index is 303. The number of rotatable bonds is 1. The van der Waals surface area contributed by atoms with Crippen molar-refractivity contribution in [2.24, 2.45) is 5.92 Å². The third kappa shape index (κ3) is 1.55. The molecule has 0 amide bonds. The van der Waals surface area contributed by atoms with Gasteiger partial charge >= 0.3 is 0 Å². The number of nitrogen functional groups attached to an aromatic ring is 1. The predicted octanol–water partition coefficient (Wildman–Crippen LogP) is 2.13. The van der Waals surface area contributed by atoms with Crippen LogP contribution < -0.4 is 5.73 Å². The summed E-state index contributed by atoms with van der Waals surface area (Å²) in [6.45, 7) is 4.29. The van der Waals surface area contributed by atoms with Gasteiger partial charge in [-0.1, -0.05) is 6.92 Å². The number of nitrogens with two attached hydrogens (primary N) is 1. The molecule has 3 heteroatoms. The highest BCUT2D eigenvalue weighted by Crippen LogP contribution is 2.35. The molecule has 2 unspecified atom stereocenters. The summed E-state index contributed by atoms with van der Waals surface area (Å²) >= 11 is 0. The smallest absolute Gasteiger partial charge is 0.122 e. The van der Waals surface area contributed by atoms with Gasteiger partial charge in [-0.05, 0) is 32.1 Å². The van der Waals surface area contributed by atoms with Crippen LogP contribution in [0.15, 0.2) is 6.07 Å². The Morgan fingerprint density at radius 2 is 2.31 bits per heavy atom. The van der Waals surface area contributed by atoms with E-state index in [0.717, 1.165) is 17.4 Å². The lowest BCUT2D eigenvalue weighted by atomic mass is 10.1. The van der Waals surface area contributed by atoms with Gasteiger partial charge in [0.15, 0.2) is 0 Å². The maximum Gasteiger partial charge on any atom is 0.122 e. The molecule has 1 fully saturated rings. The van der Waals surface area contributed by atoms with Crippen LogP contribution in [0.4, 0.5) is 5.82 Å². The molecule has 0 bridgehead atoms. The predicted molar refractivity (Wildman–Crippen MR) is 53.4 cm³/mol. The van der Waals surface area contributed by atoms with Crippen molar-refractivity contribution in [1.29, 1.82) is 0 Å². The molecule has 3 nitrogen and oxygen atoms in total. The van der Waals surface area contributed by atoms with Gasteiger partial charge in [0.25, 0.3) is 0 Å². The van der Waals surface area contributed by atoms with Crippen molar-refractivity contribution in [3.63, 3.8) is 0 Å².